The predicted octanol–water partition coefficient (Wildman–Crippen LogP) is 0.760. The normalized spacial score (nSPS) is 46.6. The molecule has 0 aromatic rings. The average molecular weight is 152 g/mol. The zero-order chi connectivity index (χ0) is 7.90. The third kappa shape index (κ3) is 0.732. The zero-order valence-electron chi connectivity index (χ0n) is 6.36. The van der Waals surface area contributed by atoms with Crippen LogP contribution < -0.4 is 0 Å². The summed E-state index contributed by atoms with van der Waals surface area (Å²) in [5.41, 5.74) is -0.163. The summed E-state index contributed by atoms with van der Waals surface area (Å²) in [4.78, 5) is 10.7. The smallest absolute Gasteiger partial charge is 0.127 e. The van der Waals surface area contributed by atoms with Gasteiger partial charge in [0.25, 0.3) is 0 Å². The van der Waals surface area contributed by atoms with Crippen LogP contribution in [-0.2, 0) is 4.79 Å². The summed E-state index contributed by atoms with van der Waals surface area (Å²) >= 11 is 0. The molecule has 2 aliphatic carbocycles. The van der Waals surface area contributed by atoms with Gasteiger partial charge in [0, 0.05) is 12.0 Å². The minimum Gasteiger partial charge on any atom is -0.396 e. The number of aliphatic hydroxyl groups is 1. The SMILES string of the molecule is O=CC12CC=CCC1C2CO. The number of fused-ring (bicyclic) bond motifs is 1. The highest BCUT2D eigenvalue weighted by Gasteiger charge is 2.63. The first-order valence-corrected chi connectivity index (χ1v) is 4.07. The van der Waals surface area contributed by atoms with Crippen molar-refractivity contribution in [3.05, 3.63) is 12.2 Å². The lowest BCUT2D eigenvalue weighted by molar-refractivity contribution is -0.113. The van der Waals surface area contributed by atoms with Crippen LogP contribution in [0.5, 0.6) is 0 Å². The van der Waals surface area contributed by atoms with E-state index in [1.807, 2.05) is 0 Å². The minimum absolute atomic E-state index is 0.163. The zero-order valence-corrected chi connectivity index (χ0v) is 6.36. The lowest BCUT2D eigenvalue weighted by Crippen LogP contribution is -2.09. The van der Waals surface area contributed by atoms with Crippen molar-refractivity contribution in [1.29, 1.82) is 0 Å². The van der Waals surface area contributed by atoms with Crippen LogP contribution in [0.25, 0.3) is 0 Å². The van der Waals surface area contributed by atoms with Crippen molar-refractivity contribution in [2.45, 2.75) is 12.8 Å². The fourth-order valence-corrected chi connectivity index (χ4v) is 2.37. The quantitative estimate of drug-likeness (QED) is 0.468. The van der Waals surface area contributed by atoms with Crippen LogP contribution in [-0.4, -0.2) is 18.0 Å². The number of allylic oxidation sites excluding steroid dienone is 2. The van der Waals surface area contributed by atoms with Crippen molar-refractivity contribution in [2.24, 2.45) is 17.3 Å². The monoisotopic (exact) mass is 152 g/mol. The second-order valence-corrected chi connectivity index (χ2v) is 3.54. The van der Waals surface area contributed by atoms with Gasteiger partial charge in [-0.15, -0.1) is 0 Å². The third-order valence-corrected chi connectivity index (χ3v) is 3.20. The molecule has 11 heavy (non-hydrogen) atoms. The van der Waals surface area contributed by atoms with Crippen molar-refractivity contribution in [1.82, 2.24) is 0 Å². The van der Waals surface area contributed by atoms with Gasteiger partial charge < -0.3 is 9.90 Å². The van der Waals surface area contributed by atoms with Crippen LogP contribution >= 0.6 is 0 Å². The van der Waals surface area contributed by atoms with Gasteiger partial charge in [0.15, 0.2) is 0 Å². The third-order valence-electron chi connectivity index (χ3n) is 3.20. The number of carbonyl (C=O) groups excluding carboxylic acids is 1. The molecule has 3 unspecified atom stereocenters. The highest BCUT2D eigenvalue weighted by Crippen LogP contribution is 2.63. The molecule has 3 atom stereocenters. The molecule has 0 aliphatic heterocycles. The van der Waals surface area contributed by atoms with Gasteiger partial charge >= 0.3 is 0 Å². The van der Waals surface area contributed by atoms with E-state index in [0.29, 0.717) is 5.92 Å². The predicted molar refractivity (Wildman–Crippen MR) is 40.9 cm³/mol. The van der Waals surface area contributed by atoms with Gasteiger partial charge in [-0.1, -0.05) is 12.2 Å². The first-order chi connectivity index (χ1) is 5.35. The van der Waals surface area contributed by atoms with Gasteiger partial charge in [-0.2, -0.15) is 0 Å². The van der Waals surface area contributed by atoms with E-state index >= 15 is 0 Å². The minimum atomic E-state index is -0.163. The number of rotatable bonds is 2. The Morgan fingerprint density at radius 2 is 2.45 bits per heavy atom. The maximum atomic E-state index is 10.7. The molecule has 2 heteroatoms. The van der Waals surface area contributed by atoms with E-state index in [1.54, 1.807) is 0 Å². The highest BCUT2D eigenvalue weighted by molar-refractivity contribution is 5.67. The van der Waals surface area contributed by atoms with Gasteiger partial charge in [0.05, 0.1) is 0 Å². The summed E-state index contributed by atoms with van der Waals surface area (Å²) in [7, 11) is 0. The highest BCUT2D eigenvalue weighted by atomic mass is 16.3. The first-order valence-electron chi connectivity index (χ1n) is 4.07. The Bertz CT molecular complexity index is 210. The molecule has 0 heterocycles. The number of hydrogen-bond acceptors (Lipinski definition) is 2. The van der Waals surface area contributed by atoms with Gasteiger partial charge in [-0.05, 0) is 24.7 Å². The van der Waals surface area contributed by atoms with Gasteiger partial charge in [0.1, 0.15) is 6.29 Å². The number of aliphatic hydroxyl groups excluding tert-OH is 1. The second kappa shape index (κ2) is 2.18. The average Bonchev–Trinajstić information content (AvgIpc) is 2.73. The molecule has 1 saturated carbocycles. The topological polar surface area (TPSA) is 37.3 Å². The van der Waals surface area contributed by atoms with Crippen LogP contribution in [0, 0.1) is 17.3 Å². The van der Waals surface area contributed by atoms with Crippen molar-refractivity contribution >= 4 is 6.29 Å². The summed E-state index contributed by atoms with van der Waals surface area (Å²) in [6.07, 6.45) is 7.03. The first kappa shape index (κ1) is 7.04. The van der Waals surface area contributed by atoms with E-state index in [2.05, 4.69) is 12.2 Å². The lowest BCUT2D eigenvalue weighted by Gasteiger charge is -2.09. The van der Waals surface area contributed by atoms with Crippen molar-refractivity contribution in [2.75, 3.05) is 6.61 Å². The molecule has 0 aromatic carbocycles. The maximum Gasteiger partial charge on any atom is 0.127 e. The molecule has 0 radical (unpaired) electrons. The Morgan fingerprint density at radius 3 is 3.00 bits per heavy atom. The van der Waals surface area contributed by atoms with E-state index in [1.165, 1.54) is 0 Å². The second-order valence-electron chi connectivity index (χ2n) is 3.54. The van der Waals surface area contributed by atoms with E-state index in [-0.39, 0.29) is 17.9 Å². The fraction of sp³-hybridized carbons (Fsp3) is 0.667. The van der Waals surface area contributed by atoms with Crippen LogP contribution in [0.4, 0.5) is 0 Å². The Balaban J connectivity index is 2.18. The van der Waals surface area contributed by atoms with E-state index in [4.69, 9.17) is 5.11 Å². The summed E-state index contributed by atoms with van der Waals surface area (Å²) in [5, 5.41) is 8.95. The Hall–Kier alpha value is -0.630. The molecular formula is C9H12O2. The summed E-state index contributed by atoms with van der Waals surface area (Å²) in [6.45, 7) is 0.172. The molecule has 0 saturated heterocycles. The molecule has 2 aliphatic rings. The van der Waals surface area contributed by atoms with Crippen LogP contribution in [0.15, 0.2) is 12.2 Å². The molecule has 0 bridgehead atoms. The molecule has 2 rings (SSSR count). The van der Waals surface area contributed by atoms with Crippen LogP contribution in [0.1, 0.15) is 12.8 Å². The molecule has 1 fully saturated rings. The maximum absolute atomic E-state index is 10.7. The van der Waals surface area contributed by atoms with Gasteiger partial charge in [-0.25, -0.2) is 0 Å². The summed E-state index contributed by atoms with van der Waals surface area (Å²) in [6, 6.07) is 0. The van der Waals surface area contributed by atoms with Gasteiger partial charge in [-0.3, -0.25) is 0 Å². The summed E-state index contributed by atoms with van der Waals surface area (Å²) < 4.78 is 0. The van der Waals surface area contributed by atoms with Crippen molar-refractivity contribution in [3.8, 4) is 0 Å². The van der Waals surface area contributed by atoms with E-state index in [9.17, 15) is 4.79 Å². The molecule has 60 valence electrons. The number of hydrogen-bond donors (Lipinski definition) is 1. The Morgan fingerprint density at radius 1 is 1.64 bits per heavy atom. The van der Waals surface area contributed by atoms with Crippen molar-refractivity contribution in [3.63, 3.8) is 0 Å². The molecular weight excluding hydrogens is 140 g/mol. The molecule has 0 aromatic heterocycles. The Labute approximate surface area is 65.9 Å². The van der Waals surface area contributed by atoms with Crippen LogP contribution in [0.3, 0.4) is 0 Å². The van der Waals surface area contributed by atoms with Crippen LogP contribution in [0.2, 0.25) is 0 Å². The van der Waals surface area contributed by atoms with Gasteiger partial charge in [0.2, 0.25) is 0 Å². The van der Waals surface area contributed by atoms with E-state index < -0.39 is 0 Å². The summed E-state index contributed by atoms with van der Waals surface area (Å²) in [5.74, 6) is 0.685. The fourth-order valence-electron chi connectivity index (χ4n) is 2.37. The molecule has 0 spiro atoms. The molecule has 0 amide bonds. The van der Waals surface area contributed by atoms with E-state index in [0.717, 1.165) is 19.1 Å². The largest absolute Gasteiger partial charge is 0.396 e. The number of carbonyl (C=O) groups is 1. The standard InChI is InChI=1S/C9H12O2/c10-5-8-7-3-1-2-4-9(7,8)6-11/h1-2,6-8,10H,3-5H2. The van der Waals surface area contributed by atoms with Crippen molar-refractivity contribution < 1.29 is 9.90 Å². The molecule has 2 nitrogen and oxygen atoms in total. The Kier molecular flexibility index (Phi) is 1.39. The number of aldehydes is 1. The molecule has 1 N–H and O–H groups in total. The lowest BCUT2D eigenvalue weighted by atomic mass is 9.94.